The highest BCUT2D eigenvalue weighted by atomic mass is 32.1. The minimum atomic E-state index is -0.285. The first-order valence-electron chi connectivity index (χ1n) is 8.67. The van der Waals surface area contributed by atoms with Crippen molar-refractivity contribution >= 4 is 17.4 Å². The van der Waals surface area contributed by atoms with Crippen LogP contribution in [0.1, 0.15) is 46.5 Å². The van der Waals surface area contributed by atoms with Crippen LogP contribution in [0.3, 0.4) is 0 Å². The number of nitrogens with zero attached hydrogens (tertiary/aromatic N) is 3. The Morgan fingerprint density at radius 3 is 3.00 bits per heavy atom. The van der Waals surface area contributed by atoms with Gasteiger partial charge in [-0.05, 0) is 55.9 Å². The molecule has 4 rings (SSSR count). The predicted octanol–water partition coefficient (Wildman–Crippen LogP) is 4.35. The fourth-order valence-electron chi connectivity index (χ4n) is 3.38. The van der Waals surface area contributed by atoms with Gasteiger partial charge in [0, 0.05) is 17.0 Å². The molecule has 1 fully saturated rings. The van der Waals surface area contributed by atoms with Gasteiger partial charge in [0.15, 0.2) is 0 Å². The summed E-state index contributed by atoms with van der Waals surface area (Å²) in [4.78, 5) is 23.5. The van der Waals surface area contributed by atoms with Crippen molar-refractivity contribution in [1.29, 1.82) is 0 Å². The number of aromatic nitrogens is 3. The summed E-state index contributed by atoms with van der Waals surface area (Å²) in [5.41, 5.74) is 1.99. The summed E-state index contributed by atoms with van der Waals surface area (Å²) in [6.07, 6.45) is 4.57. The summed E-state index contributed by atoms with van der Waals surface area (Å²) in [6.45, 7) is 2.63. The number of carbonyl (C=O) groups is 1. The van der Waals surface area contributed by atoms with Gasteiger partial charge < -0.3 is 9.88 Å². The summed E-state index contributed by atoms with van der Waals surface area (Å²) < 4.78 is 17.7. The Bertz CT molecular complexity index is 935. The van der Waals surface area contributed by atoms with Crippen molar-refractivity contribution in [2.45, 2.75) is 32.2 Å². The minimum Gasteiger partial charge on any atom is -0.340 e. The smallest absolute Gasteiger partial charge is 0.274 e. The molecule has 0 bridgehead atoms. The summed E-state index contributed by atoms with van der Waals surface area (Å²) in [6, 6.07) is 8.12. The van der Waals surface area contributed by atoms with E-state index in [1.54, 1.807) is 12.3 Å². The van der Waals surface area contributed by atoms with Gasteiger partial charge in [-0.15, -0.1) is 0 Å². The van der Waals surface area contributed by atoms with E-state index in [1.165, 1.54) is 23.7 Å². The molecule has 7 heteroatoms. The number of likely N-dealkylation sites (tertiary alicyclic amines) is 1. The van der Waals surface area contributed by atoms with E-state index < -0.39 is 0 Å². The van der Waals surface area contributed by atoms with Gasteiger partial charge in [0.25, 0.3) is 5.91 Å². The van der Waals surface area contributed by atoms with E-state index in [0.717, 1.165) is 41.2 Å². The number of carbonyl (C=O) groups excluding carboxylic acids is 1. The molecular weight excluding hydrogens is 351 g/mol. The molecule has 3 heterocycles. The van der Waals surface area contributed by atoms with Crippen LogP contribution in [-0.2, 0) is 0 Å². The maximum absolute atomic E-state index is 13.5. The third kappa shape index (κ3) is 3.26. The normalized spacial score (nSPS) is 17.5. The molecule has 0 saturated carbocycles. The first kappa shape index (κ1) is 16.9. The van der Waals surface area contributed by atoms with E-state index in [4.69, 9.17) is 0 Å². The number of nitrogens with one attached hydrogen (secondary N) is 1. The largest absolute Gasteiger partial charge is 0.340 e. The molecule has 1 N–H and O–H groups in total. The Hall–Kier alpha value is -2.54. The van der Waals surface area contributed by atoms with E-state index in [-0.39, 0.29) is 17.8 Å². The highest BCUT2D eigenvalue weighted by Crippen LogP contribution is 2.32. The highest BCUT2D eigenvalue weighted by molar-refractivity contribution is 7.05. The number of amides is 1. The Labute approximate surface area is 155 Å². The molecule has 1 atom stereocenters. The van der Waals surface area contributed by atoms with Crippen LogP contribution in [0.15, 0.2) is 36.5 Å². The summed E-state index contributed by atoms with van der Waals surface area (Å²) in [7, 11) is 0. The molecule has 1 aromatic carbocycles. The van der Waals surface area contributed by atoms with Crippen LogP contribution in [0.2, 0.25) is 0 Å². The van der Waals surface area contributed by atoms with Crippen molar-refractivity contribution in [1.82, 2.24) is 19.2 Å². The lowest BCUT2D eigenvalue weighted by atomic mass is 10.0. The molecule has 1 aliphatic heterocycles. The van der Waals surface area contributed by atoms with E-state index in [0.29, 0.717) is 12.2 Å². The van der Waals surface area contributed by atoms with Gasteiger partial charge in [-0.2, -0.15) is 4.37 Å². The number of aromatic amines is 1. The van der Waals surface area contributed by atoms with E-state index in [2.05, 4.69) is 14.3 Å². The van der Waals surface area contributed by atoms with Crippen molar-refractivity contribution in [3.05, 3.63) is 58.7 Å². The monoisotopic (exact) mass is 370 g/mol. The van der Waals surface area contributed by atoms with E-state index in [1.807, 2.05) is 24.0 Å². The third-order valence-corrected chi connectivity index (χ3v) is 5.35. The van der Waals surface area contributed by atoms with Crippen LogP contribution in [0.25, 0.3) is 11.3 Å². The number of H-pyrrole nitrogens is 1. The van der Waals surface area contributed by atoms with Gasteiger partial charge >= 0.3 is 0 Å². The Kier molecular flexibility index (Phi) is 4.55. The SMILES string of the molecule is Cc1cc(C(=O)N2CCCCC2c2ncc(-c3cccc(F)c3)[nH]2)ns1. The number of halogens is 1. The van der Waals surface area contributed by atoms with Crippen LogP contribution in [0.5, 0.6) is 0 Å². The van der Waals surface area contributed by atoms with Gasteiger partial charge in [0.05, 0.1) is 17.9 Å². The topological polar surface area (TPSA) is 61.9 Å². The quantitative estimate of drug-likeness (QED) is 0.746. The zero-order valence-corrected chi connectivity index (χ0v) is 15.2. The van der Waals surface area contributed by atoms with Crippen molar-refractivity contribution in [2.75, 3.05) is 6.54 Å². The molecule has 5 nitrogen and oxygen atoms in total. The number of benzene rings is 1. The van der Waals surface area contributed by atoms with Crippen LogP contribution < -0.4 is 0 Å². The molecule has 0 aliphatic carbocycles. The number of rotatable bonds is 3. The number of piperidine rings is 1. The molecule has 0 spiro atoms. The molecule has 1 aliphatic rings. The second kappa shape index (κ2) is 6.99. The lowest BCUT2D eigenvalue weighted by Gasteiger charge is -2.34. The van der Waals surface area contributed by atoms with Crippen LogP contribution in [0.4, 0.5) is 4.39 Å². The summed E-state index contributed by atoms with van der Waals surface area (Å²) in [5.74, 6) is 0.402. The van der Waals surface area contributed by atoms with Crippen LogP contribution in [-0.4, -0.2) is 31.7 Å². The molecule has 2 aromatic heterocycles. The lowest BCUT2D eigenvalue weighted by molar-refractivity contribution is 0.0596. The predicted molar refractivity (Wildman–Crippen MR) is 98.5 cm³/mol. The van der Waals surface area contributed by atoms with Gasteiger partial charge in [-0.25, -0.2) is 9.37 Å². The maximum Gasteiger partial charge on any atom is 0.274 e. The molecule has 3 aromatic rings. The summed E-state index contributed by atoms with van der Waals surface area (Å²) >= 11 is 1.34. The number of hydrogen-bond acceptors (Lipinski definition) is 4. The Balaban J connectivity index is 1.62. The van der Waals surface area contributed by atoms with Crippen molar-refractivity contribution in [3.8, 4) is 11.3 Å². The number of imidazole rings is 1. The molecule has 134 valence electrons. The highest BCUT2D eigenvalue weighted by Gasteiger charge is 2.31. The van der Waals surface area contributed by atoms with Gasteiger partial charge in [-0.1, -0.05) is 12.1 Å². The minimum absolute atomic E-state index is 0.0530. The summed E-state index contributed by atoms with van der Waals surface area (Å²) in [5, 5.41) is 0. The molecule has 1 saturated heterocycles. The Morgan fingerprint density at radius 1 is 1.35 bits per heavy atom. The van der Waals surface area contributed by atoms with Crippen LogP contribution in [0, 0.1) is 12.7 Å². The molecule has 0 radical (unpaired) electrons. The Morgan fingerprint density at radius 2 is 2.23 bits per heavy atom. The first-order chi connectivity index (χ1) is 12.6. The van der Waals surface area contributed by atoms with Gasteiger partial charge in [-0.3, -0.25) is 4.79 Å². The zero-order chi connectivity index (χ0) is 18.1. The lowest BCUT2D eigenvalue weighted by Crippen LogP contribution is -2.39. The zero-order valence-electron chi connectivity index (χ0n) is 14.4. The van der Waals surface area contributed by atoms with E-state index >= 15 is 0 Å². The average Bonchev–Trinajstić information content (AvgIpc) is 3.30. The van der Waals surface area contributed by atoms with Crippen molar-refractivity contribution in [3.63, 3.8) is 0 Å². The molecule has 26 heavy (non-hydrogen) atoms. The number of aryl methyl sites for hydroxylation is 1. The fourth-order valence-corrected chi connectivity index (χ4v) is 3.92. The third-order valence-electron chi connectivity index (χ3n) is 4.66. The van der Waals surface area contributed by atoms with Crippen LogP contribution >= 0.6 is 11.5 Å². The van der Waals surface area contributed by atoms with Gasteiger partial charge in [0.1, 0.15) is 17.3 Å². The maximum atomic E-state index is 13.5. The van der Waals surface area contributed by atoms with Crippen molar-refractivity contribution in [2.24, 2.45) is 0 Å². The average molecular weight is 370 g/mol. The molecule has 1 unspecified atom stereocenters. The molecular formula is C19H19FN4OS. The first-order valence-corrected chi connectivity index (χ1v) is 9.44. The molecule has 1 amide bonds. The van der Waals surface area contributed by atoms with Crippen molar-refractivity contribution < 1.29 is 9.18 Å². The van der Waals surface area contributed by atoms with Gasteiger partial charge in [0.2, 0.25) is 0 Å². The second-order valence-electron chi connectivity index (χ2n) is 6.53. The number of hydrogen-bond donors (Lipinski definition) is 1. The van der Waals surface area contributed by atoms with E-state index in [9.17, 15) is 9.18 Å². The standard InChI is InChI=1S/C19H19FN4OS/c1-12-9-15(23-26-12)19(25)24-8-3-2-7-17(24)18-21-11-16(22-18)13-5-4-6-14(20)10-13/h4-6,9-11,17H,2-3,7-8H2,1H3,(H,21,22). The second-order valence-corrected chi connectivity index (χ2v) is 7.53. The fraction of sp³-hybridized carbons (Fsp3) is 0.316.